The van der Waals surface area contributed by atoms with Crippen molar-refractivity contribution < 1.29 is 14.3 Å². The Bertz CT molecular complexity index is 396. The fourth-order valence-corrected chi connectivity index (χ4v) is 1.38. The Morgan fingerprint density at radius 2 is 1.82 bits per heavy atom. The van der Waals surface area contributed by atoms with Gasteiger partial charge in [0.2, 0.25) is 5.91 Å². The molecule has 0 radical (unpaired) electrons. The van der Waals surface area contributed by atoms with E-state index in [1.54, 1.807) is 24.3 Å². The van der Waals surface area contributed by atoms with E-state index in [9.17, 15) is 9.59 Å². The van der Waals surface area contributed by atoms with Crippen LogP contribution in [0.25, 0.3) is 0 Å². The second kappa shape index (κ2) is 6.03. The van der Waals surface area contributed by atoms with Crippen LogP contribution >= 0.6 is 0 Å². The van der Waals surface area contributed by atoms with Crippen LogP contribution < -0.4 is 5.32 Å². The lowest BCUT2D eigenvalue weighted by atomic mass is 10.1. The van der Waals surface area contributed by atoms with E-state index in [0.29, 0.717) is 0 Å². The summed E-state index contributed by atoms with van der Waals surface area (Å²) in [7, 11) is 0. The van der Waals surface area contributed by atoms with Gasteiger partial charge in [-0.3, -0.25) is 9.59 Å². The minimum absolute atomic E-state index is 0.0962. The third-order valence-corrected chi connectivity index (χ3v) is 1.99. The molecule has 4 nitrogen and oxygen atoms in total. The van der Waals surface area contributed by atoms with Crippen molar-refractivity contribution in [3.63, 3.8) is 0 Å². The van der Waals surface area contributed by atoms with Crippen molar-refractivity contribution in [1.82, 2.24) is 0 Å². The molecule has 1 aromatic rings. The first kappa shape index (κ1) is 13.2. The molecule has 92 valence electrons. The van der Waals surface area contributed by atoms with Crippen LogP contribution in [0, 0.1) is 0 Å². The molecule has 0 saturated carbocycles. The highest BCUT2D eigenvalue weighted by atomic mass is 16.5. The number of nitrogens with one attached hydrogen (secondary N) is 1. The molecule has 0 spiro atoms. The Hall–Kier alpha value is -1.84. The number of esters is 1. The highest BCUT2D eigenvalue weighted by molar-refractivity contribution is 5.88. The SMILES string of the molecule is CC(=O)Nc1ccc(CC(=O)OC(C)C)cc1. The fourth-order valence-electron chi connectivity index (χ4n) is 1.38. The summed E-state index contributed by atoms with van der Waals surface area (Å²) in [5.41, 5.74) is 1.59. The van der Waals surface area contributed by atoms with Gasteiger partial charge in [0, 0.05) is 12.6 Å². The van der Waals surface area contributed by atoms with E-state index in [1.165, 1.54) is 6.92 Å². The van der Waals surface area contributed by atoms with Gasteiger partial charge in [-0.2, -0.15) is 0 Å². The van der Waals surface area contributed by atoms with Gasteiger partial charge in [0.15, 0.2) is 0 Å². The first-order valence-corrected chi connectivity index (χ1v) is 5.53. The second-order valence-corrected chi connectivity index (χ2v) is 4.09. The number of carbonyl (C=O) groups excluding carboxylic acids is 2. The molecular weight excluding hydrogens is 218 g/mol. The maximum absolute atomic E-state index is 11.4. The number of ether oxygens (including phenoxy) is 1. The molecule has 1 N–H and O–H groups in total. The van der Waals surface area contributed by atoms with Gasteiger partial charge in [0.05, 0.1) is 12.5 Å². The summed E-state index contributed by atoms with van der Waals surface area (Å²) in [6, 6.07) is 7.12. The number of amides is 1. The topological polar surface area (TPSA) is 55.4 Å². The van der Waals surface area contributed by atoms with Crippen molar-refractivity contribution in [2.45, 2.75) is 33.3 Å². The molecule has 0 fully saturated rings. The third-order valence-electron chi connectivity index (χ3n) is 1.99. The zero-order valence-electron chi connectivity index (χ0n) is 10.3. The normalized spacial score (nSPS) is 10.1. The molecule has 0 aliphatic carbocycles. The molecule has 1 amide bonds. The molecule has 0 aliphatic heterocycles. The molecular formula is C13H17NO3. The molecule has 0 atom stereocenters. The lowest BCUT2D eigenvalue weighted by Crippen LogP contribution is -2.13. The van der Waals surface area contributed by atoms with E-state index < -0.39 is 0 Å². The van der Waals surface area contributed by atoms with Crippen molar-refractivity contribution in [2.24, 2.45) is 0 Å². The molecule has 0 bridgehead atoms. The number of rotatable bonds is 4. The smallest absolute Gasteiger partial charge is 0.310 e. The van der Waals surface area contributed by atoms with E-state index >= 15 is 0 Å². The maximum atomic E-state index is 11.4. The molecule has 1 aromatic carbocycles. The van der Waals surface area contributed by atoms with Crippen LogP contribution in [0.3, 0.4) is 0 Å². The summed E-state index contributed by atoms with van der Waals surface area (Å²) in [4.78, 5) is 22.2. The quantitative estimate of drug-likeness (QED) is 0.813. The fraction of sp³-hybridized carbons (Fsp3) is 0.385. The first-order valence-electron chi connectivity index (χ1n) is 5.53. The molecule has 0 aliphatic rings. The predicted octanol–water partition coefficient (Wildman–Crippen LogP) is 2.14. The van der Waals surface area contributed by atoms with E-state index in [-0.39, 0.29) is 24.4 Å². The van der Waals surface area contributed by atoms with Gasteiger partial charge >= 0.3 is 5.97 Å². The van der Waals surface area contributed by atoms with E-state index in [2.05, 4.69) is 5.32 Å². The van der Waals surface area contributed by atoms with E-state index in [4.69, 9.17) is 4.74 Å². The first-order chi connectivity index (χ1) is 7.97. The van der Waals surface area contributed by atoms with Crippen LogP contribution in [-0.2, 0) is 20.7 Å². The monoisotopic (exact) mass is 235 g/mol. The minimum Gasteiger partial charge on any atom is -0.463 e. The Morgan fingerprint density at radius 3 is 2.29 bits per heavy atom. The zero-order valence-corrected chi connectivity index (χ0v) is 10.3. The van der Waals surface area contributed by atoms with Crippen LogP contribution in [0.1, 0.15) is 26.3 Å². The van der Waals surface area contributed by atoms with Crippen LogP contribution in [0.5, 0.6) is 0 Å². The number of hydrogen-bond acceptors (Lipinski definition) is 3. The van der Waals surface area contributed by atoms with E-state index in [1.807, 2.05) is 13.8 Å². The summed E-state index contributed by atoms with van der Waals surface area (Å²) in [6.45, 7) is 5.09. The minimum atomic E-state index is -0.243. The average Bonchev–Trinajstić information content (AvgIpc) is 2.18. The predicted molar refractivity (Wildman–Crippen MR) is 65.7 cm³/mol. The van der Waals surface area contributed by atoms with Crippen molar-refractivity contribution in [2.75, 3.05) is 5.32 Å². The standard InChI is InChI=1S/C13H17NO3/c1-9(2)17-13(16)8-11-4-6-12(7-5-11)14-10(3)15/h4-7,9H,8H2,1-3H3,(H,14,15). The average molecular weight is 235 g/mol. The summed E-state index contributed by atoms with van der Waals surface area (Å²) in [6.07, 6.45) is 0.152. The van der Waals surface area contributed by atoms with Crippen molar-refractivity contribution in [1.29, 1.82) is 0 Å². The largest absolute Gasteiger partial charge is 0.463 e. The molecule has 4 heteroatoms. The molecule has 0 saturated heterocycles. The lowest BCUT2D eigenvalue weighted by molar-refractivity contribution is -0.146. The Labute approximate surface area is 101 Å². The number of benzene rings is 1. The highest BCUT2D eigenvalue weighted by Crippen LogP contribution is 2.10. The van der Waals surface area contributed by atoms with Gasteiger partial charge in [-0.05, 0) is 31.5 Å². The summed E-state index contributed by atoms with van der Waals surface area (Å²) < 4.78 is 5.04. The van der Waals surface area contributed by atoms with Crippen molar-refractivity contribution in [3.8, 4) is 0 Å². The second-order valence-electron chi connectivity index (χ2n) is 4.09. The molecule has 0 heterocycles. The molecule has 0 unspecified atom stereocenters. The Balaban J connectivity index is 2.56. The highest BCUT2D eigenvalue weighted by Gasteiger charge is 2.06. The van der Waals surface area contributed by atoms with Crippen molar-refractivity contribution >= 4 is 17.6 Å². The number of hydrogen-bond donors (Lipinski definition) is 1. The Kier molecular flexibility index (Phi) is 4.69. The zero-order chi connectivity index (χ0) is 12.8. The number of anilines is 1. The lowest BCUT2D eigenvalue weighted by Gasteiger charge is -2.08. The van der Waals surface area contributed by atoms with Gasteiger partial charge in [0.25, 0.3) is 0 Å². The van der Waals surface area contributed by atoms with Crippen LogP contribution in [-0.4, -0.2) is 18.0 Å². The molecule has 17 heavy (non-hydrogen) atoms. The van der Waals surface area contributed by atoms with Crippen molar-refractivity contribution in [3.05, 3.63) is 29.8 Å². The third kappa shape index (κ3) is 5.15. The summed E-state index contributed by atoms with van der Waals surface area (Å²) in [5, 5.41) is 2.66. The van der Waals surface area contributed by atoms with Gasteiger partial charge in [-0.25, -0.2) is 0 Å². The van der Waals surface area contributed by atoms with Gasteiger partial charge < -0.3 is 10.1 Å². The van der Waals surface area contributed by atoms with Gasteiger partial charge in [0.1, 0.15) is 0 Å². The van der Waals surface area contributed by atoms with Crippen LogP contribution in [0.2, 0.25) is 0 Å². The maximum Gasteiger partial charge on any atom is 0.310 e. The molecule has 1 rings (SSSR count). The number of carbonyl (C=O) groups is 2. The molecule has 0 aromatic heterocycles. The summed E-state index contributed by atoms with van der Waals surface area (Å²) in [5.74, 6) is -0.357. The van der Waals surface area contributed by atoms with Gasteiger partial charge in [-0.15, -0.1) is 0 Å². The summed E-state index contributed by atoms with van der Waals surface area (Å²) >= 11 is 0. The van der Waals surface area contributed by atoms with E-state index in [0.717, 1.165) is 11.3 Å². The van der Waals surface area contributed by atoms with Crippen LogP contribution in [0.15, 0.2) is 24.3 Å². The Morgan fingerprint density at radius 1 is 1.24 bits per heavy atom. The van der Waals surface area contributed by atoms with Gasteiger partial charge in [-0.1, -0.05) is 12.1 Å². The van der Waals surface area contributed by atoms with Crippen LogP contribution in [0.4, 0.5) is 5.69 Å².